The van der Waals surface area contributed by atoms with Gasteiger partial charge in [0.05, 0.1) is 17.7 Å². The van der Waals surface area contributed by atoms with E-state index in [0.29, 0.717) is 35.4 Å². The average molecular weight is 412 g/mol. The van der Waals surface area contributed by atoms with Crippen molar-refractivity contribution in [3.8, 4) is 11.5 Å². The van der Waals surface area contributed by atoms with Crippen LogP contribution in [0.4, 0.5) is 5.69 Å². The summed E-state index contributed by atoms with van der Waals surface area (Å²) in [5.41, 5.74) is 4.05. The number of carbonyl (C=O) groups is 1. The summed E-state index contributed by atoms with van der Waals surface area (Å²) in [5, 5.41) is 12.8. The molecule has 0 aliphatic rings. The van der Waals surface area contributed by atoms with Gasteiger partial charge in [-0.25, -0.2) is 4.79 Å². The molecule has 0 atom stereocenters. The minimum absolute atomic E-state index is 0.227. The maximum Gasteiger partial charge on any atom is 0.335 e. The molecule has 0 aromatic heterocycles. The zero-order valence-electron chi connectivity index (χ0n) is 16.2. The zero-order valence-corrected chi connectivity index (χ0v) is 17.0. The monoisotopic (exact) mass is 411 g/mol. The van der Waals surface area contributed by atoms with Crippen molar-refractivity contribution < 1.29 is 19.4 Å². The first kappa shape index (κ1) is 20.6. The van der Waals surface area contributed by atoms with E-state index < -0.39 is 5.97 Å². The van der Waals surface area contributed by atoms with Gasteiger partial charge in [0.2, 0.25) is 0 Å². The molecule has 0 radical (unpaired) electrons. The first-order valence-electron chi connectivity index (χ1n) is 9.08. The van der Waals surface area contributed by atoms with Gasteiger partial charge in [-0.1, -0.05) is 47.5 Å². The number of carboxylic acid groups (broad SMARTS) is 1. The van der Waals surface area contributed by atoms with E-state index in [4.69, 9.17) is 26.2 Å². The number of halogens is 1. The molecule has 0 bridgehead atoms. The highest BCUT2D eigenvalue weighted by Gasteiger charge is 2.13. The smallest absolute Gasteiger partial charge is 0.335 e. The number of hydrogen-bond donors (Lipinski definition) is 2. The lowest BCUT2D eigenvalue weighted by Gasteiger charge is -2.15. The van der Waals surface area contributed by atoms with Crippen molar-refractivity contribution in [2.45, 2.75) is 20.1 Å². The lowest BCUT2D eigenvalue weighted by atomic mass is 10.1. The Kier molecular flexibility index (Phi) is 6.62. The van der Waals surface area contributed by atoms with Crippen LogP contribution in [0.5, 0.6) is 11.5 Å². The molecule has 2 N–H and O–H groups in total. The second kappa shape index (κ2) is 9.34. The molecule has 0 amide bonds. The molecule has 0 aliphatic heterocycles. The van der Waals surface area contributed by atoms with Crippen molar-refractivity contribution in [2.75, 3.05) is 12.4 Å². The van der Waals surface area contributed by atoms with E-state index in [-0.39, 0.29) is 5.56 Å². The maximum absolute atomic E-state index is 11.1. The van der Waals surface area contributed by atoms with Gasteiger partial charge in [-0.2, -0.15) is 0 Å². The molecule has 3 aromatic carbocycles. The lowest BCUT2D eigenvalue weighted by molar-refractivity contribution is 0.0697. The molecule has 6 heteroatoms. The van der Waals surface area contributed by atoms with Crippen LogP contribution in [0.2, 0.25) is 5.02 Å². The molecule has 0 fully saturated rings. The number of hydrogen-bond acceptors (Lipinski definition) is 4. The summed E-state index contributed by atoms with van der Waals surface area (Å²) in [6, 6.07) is 18.4. The average Bonchev–Trinajstić information content (AvgIpc) is 2.72. The number of aromatic carboxylic acids is 1. The molecule has 3 rings (SSSR count). The van der Waals surface area contributed by atoms with Crippen molar-refractivity contribution in [1.29, 1.82) is 0 Å². The highest BCUT2D eigenvalue weighted by atomic mass is 35.5. The van der Waals surface area contributed by atoms with Crippen LogP contribution in [0.15, 0.2) is 60.7 Å². The van der Waals surface area contributed by atoms with Crippen LogP contribution in [0, 0.1) is 6.92 Å². The summed E-state index contributed by atoms with van der Waals surface area (Å²) < 4.78 is 11.4. The van der Waals surface area contributed by atoms with E-state index in [1.807, 2.05) is 49.4 Å². The molecular weight excluding hydrogens is 390 g/mol. The van der Waals surface area contributed by atoms with Crippen LogP contribution in [0.25, 0.3) is 0 Å². The number of rotatable bonds is 8. The van der Waals surface area contributed by atoms with Crippen LogP contribution in [-0.2, 0) is 13.2 Å². The Morgan fingerprint density at radius 1 is 1.07 bits per heavy atom. The highest BCUT2D eigenvalue weighted by Crippen LogP contribution is 2.37. The number of anilines is 1. The van der Waals surface area contributed by atoms with Crippen molar-refractivity contribution >= 4 is 23.3 Å². The Balaban J connectivity index is 1.71. The van der Waals surface area contributed by atoms with Crippen LogP contribution in [-0.4, -0.2) is 18.2 Å². The topological polar surface area (TPSA) is 67.8 Å². The summed E-state index contributed by atoms with van der Waals surface area (Å²) in [6.07, 6.45) is 0. The van der Waals surface area contributed by atoms with Gasteiger partial charge >= 0.3 is 5.97 Å². The van der Waals surface area contributed by atoms with Crippen molar-refractivity contribution in [3.63, 3.8) is 0 Å². The molecular formula is C23H22ClNO4. The fraction of sp³-hybridized carbons (Fsp3) is 0.174. The largest absolute Gasteiger partial charge is 0.493 e. The number of methoxy groups -OCH3 is 1. The molecule has 0 unspecified atom stereocenters. The lowest BCUT2D eigenvalue weighted by Crippen LogP contribution is -2.04. The summed E-state index contributed by atoms with van der Waals surface area (Å²) in [7, 11) is 1.57. The van der Waals surface area contributed by atoms with Crippen molar-refractivity contribution in [1.82, 2.24) is 0 Å². The van der Waals surface area contributed by atoms with Gasteiger partial charge in [-0.3, -0.25) is 0 Å². The molecule has 0 aliphatic carbocycles. The van der Waals surface area contributed by atoms with Crippen molar-refractivity contribution in [3.05, 3.63) is 87.9 Å². The van der Waals surface area contributed by atoms with Gasteiger partial charge in [0.15, 0.2) is 11.5 Å². The number of carboxylic acids is 1. The fourth-order valence-electron chi connectivity index (χ4n) is 2.82. The fourth-order valence-corrected chi connectivity index (χ4v) is 3.11. The number of ether oxygens (including phenoxy) is 2. The third-order valence-electron chi connectivity index (χ3n) is 4.40. The minimum Gasteiger partial charge on any atom is -0.493 e. The van der Waals surface area contributed by atoms with Gasteiger partial charge in [-0.05, 0) is 48.4 Å². The molecule has 5 nitrogen and oxygen atoms in total. The second-order valence-corrected chi connectivity index (χ2v) is 7.03. The quantitative estimate of drug-likeness (QED) is 0.509. The Labute approximate surface area is 174 Å². The Morgan fingerprint density at radius 2 is 1.83 bits per heavy atom. The second-order valence-electron chi connectivity index (χ2n) is 6.62. The van der Waals surface area contributed by atoms with Crippen LogP contribution < -0.4 is 14.8 Å². The van der Waals surface area contributed by atoms with E-state index in [2.05, 4.69) is 5.32 Å². The normalized spacial score (nSPS) is 10.4. The number of aryl methyl sites for hydroxylation is 1. The molecule has 29 heavy (non-hydrogen) atoms. The van der Waals surface area contributed by atoms with Gasteiger partial charge in [-0.15, -0.1) is 0 Å². The van der Waals surface area contributed by atoms with E-state index in [1.54, 1.807) is 25.3 Å². The predicted octanol–water partition coefficient (Wildman–Crippen LogP) is 5.55. The molecule has 0 heterocycles. The van der Waals surface area contributed by atoms with Crippen LogP contribution in [0.1, 0.15) is 27.0 Å². The Morgan fingerprint density at radius 3 is 2.52 bits per heavy atom. The third kappa shape index (κ3) is 5.42. The van der Waals surface area contributed by atoms with Gasteiger partial charge < -0.3 is 19.9 Å². The maximum atomic E-state index is 11.1. The molecule has 0 saturated carbocycles. The van der Waals surface area contributed by atoms with E-state index in [0.717, 1.165) is 11.1 Å². The minimum atomic E-state index is -0.964. The van der Waals surface area contributed by atoms with Crippen molar-refractivity contribution in [2.24, 2.45) is 0 Å². The molecule has 150 valence electrons. The van der Waals surface area contributed by atoms with E-state index in [9.17, 15) is 4.79 Å². The van der Waals surface area contributed by atoms with Gasteiger partial charge in [0, 0.05) is 12.2 Å². The van der Waals surface area contributed by atoms with Gasteiger partial charge in [0.1, 0.15) is 6.61 Å². The summed E-state index contributed by atoms with van der Waals surface area (Å²) in [6.45, 7) is 2.88. The van der Waals surface area contributed by atoms with Crippen LogP contribution in [0.3, 0.4) is 0 Å². The zero-order chi connectivity index (χ0) is 20.8. The Bertz CT molecular complexity index is 1000. The summed E-state index contributed by atoms with van der Waals surface area (Å²) in [5.74, 6) is 0.0699. The number of benzene rings is 3. The first-order valence-corrected chi connectivity index (χ1v) is 9.46. The molecule has 0 spiro atoms. The standard InChI is InChI=1S/C23H22ClNO4/c1-15-6-8-16(9-7-15)14-29-22-20(24)10-17(11-21(22)28-2)13-25-19-5-3-4-18(12-19)23(26)27/h3-12,25H,13-14H2,1-2H3,(H,26,27). The van der Waals surface area contributed by atoms with E-state index >= 15 is 0 Å². The third-order valence-corrected chi connectivity index (χ3v) is 4.68. The van der Waals surface area contributed by atoms with E-state index in [1.165, 1.54) is 5.56 Å². The summed E-state index contributed by atoms with van der Waals surface area (Å²) in [4.78, 5) is 11.1. The first-order chi connectivity index (χ1) is 14.0. The predicted molar refractivity (Wildman–Crippen MR) is 114 cm³/mol. The van der Waals surface area contributed by atoms with Gasteiger partial charge in [0.25, 0.3) is 0 Å². The Hall–Kier alpha value is -3.18. The SMILES string of the molecule is COc1cc(CNc2cccc(C(=O)O)c2)cc(Cl)c1OCc1ccc(C)cc1. The van der Waals surface area contributed by atoms with Crippen LogP contribution >= 0.6 is 11.6 Å². The molecule has 0 saturated heterocycles. The molecule has 3 aromatic rings. The summed E-state index contributed by atoms with van der Waals surface area (Å²) >= 11 is 6.44. The number of nitrogens with one attached hydrogen (secondary N) is 1. The highest BCUT2D eigenvalue weighted by molar-refractivity contribution is 6.32.